The highest BCUT2D eigenvalue weighted by Gasteiger charge is 2.15. The molecule has 12 aromatic rings. The number of hydrogen-bond donors (Lipinski definition) is 0. The van der Waals surface area contributed by atoms with Crippen molar-refractivity contribution < 1.29 is 0 Å². The fraction of sp³-hybridized carbons (Fsp3) is 0.0175. The van der Waals surface area contributed by atoms with Crippen molar-refractivity contribution in [1.29, 1.82) is 0 Å². The van der Waals surface area contributed by atoms with Crippen LogP contribution in [0.4, 0.5) is 0 Å². The van der Waals surface area contributed by atoms with Gasteiger partial charge in [0, 0.05) is 22.5 Å². The van der Waals surface area contributed by atoms with Gasteiger partial charge in [0.05, 0.1) is 16.7 Å². The second kappa shape index (κ2) is 13.2. The summed E-state index contributed by atoms with van der Waals surface area (Å²) in [6.45, 7) is 2.23. The number of aromatic nitrogens is 2. The van der Waals surface area contributed by atoms with E-state index in [1.54, 1.807) is 0 Å². The van der Waals surface area contributed by atoms with Gasteiger partial charge in [-0.3, -0.25) is 4.98 Å². The lowest BCUT2D eigenvalue weighted by molar-refractivity contribution is 1.37. The lowest BCUT2D eigenvalue weighted by atomic mass is 9.88. The fourth-order valence-corrected chi connectivity index (χ4v) is 9.41. The van der Waals surface area contributed by atoms with E-state index in [1.165, 1.54) is 92.8 Å². The number of fused-ring (bicyclic) bond motifs is 10. The summed E-state index contributed by atoms with van der Waals surface area (Å²) in [7, 11) is 0. The molecular formula is C57H36N2. The van der Waals surface area contributed by atoms with E-state index < -0.39 is 0 Å². The molecule has 2 aromatic heterocycles. The third kappa shape index (κ3) is 5.49. The molecule has 59 heavy (non-hydrogen) atoms. The number of hydrogen-bond acceptors (Lipinski definition) is 2. The highest BCUT2D eigenvalue weighted by Crippen LogP contribution is 2.42. The minimum absolute atomic E-state index is 0.937. The molecule has 0 radical (unpaired) electrons. The quantitative estimate of drug-likeness (QED) is 0.168. The van der Waals surface area contributed by atoms with E-state index in [4.69, 9.17) is 4.98 Å². The monoisotopic (exact) mass is 748 g/mol. The summed E-state index contributed by atoms with van der Waals surface area (Å²) in [6, 6.07) is 71.1. The predicted molar refractivity (Wildman–Crippen MR) is 251 cm³/mol. The number of pyridine rings is 2. The lowest BCUT2D eigenvalue weighted by Gasteiger charge is -2.16. The molecule has 0 spiro atoms. The van der Waals surface area contributed by atoms with Gasteiger partial charge < -0.3 is 0 Å². The third-order valence-electron chi connectivity index (χ3n) is 12.4. The van der Waals surface area contributed by atoms with Gasteiger partial charge in [0.15, 0.2) is 0 Å². The largest absolute Gasteiger partial charge is 0.254 e. The van der Waals surface area contributed by atoms with E-state index in [-0.39, 0.29) is 0 Å². The van der Waals surface area contributed by atoms with Gasteiger partial charge in [0.25, 0.3) is 0 Å². The van der Waals surface area contributed by atoms with Crippen LogP contribution in [-0.2, 0) is 0 Å². The van der Waals surface area contributed by atoms with Crippen LogP contribution in [-0.4, -0.2) is 9.97 Å². The molecule has 2 heterocycles. The summed E-state index contributed by atoms with van der Waals surface area (Å²) in [5.74, 6) is 0. The van der Waals surface area contributed by atoms with Crippen LogP contribution in [0.2, 0.25) is 0 Å². The molecule has 0 fully saturated rings. The Morgan fingerprint density at radius 3 is 1.56 bits per heavy atom. The predicted octanol–water partition coefficient (Wildman–Crippen LogP) is 15.5. The highest BCUT2D eigenvalue weighted by atomic mass is 14.7. The number of nitrogens with zero attached hydrogens (tertiary/aromatic N) is 2. The van der Waals surface area contributed by atoms with Crippen LogP contribution in [0.15, 0.2) is 200 Å². The molecule has 0 saturated carbocycles. The molecule has 0 N–H and O–H groups in total. The van der Waals surface area contributed by atoms with Crippen molar-refractivity contribution in [3.63, 3.8) is 0 Å². The summed E-state index contributed by atoms with van der Waals surface area (Å²) in [5, 5.41) is 14.9. The first-order valence-electron chi connectivity index (χ1n) is 20.3. The van der Waals surface area contributed by atoms with Gasteiger partial charge in [-0.2, -0.15) is 0 Å². The van der Waals surface area contributed by atoms with Gasteiger partial charge in [0.1, 0.15) is 0 Å². The summed E-state index contributed by atoms with van der Waals surface area (Å²) in [5.41, 5.74) is 12.6. The van der Waals surface area contributed by atoms with Crippen molar-refractivity contribution in [2.24, 2.45) is 0 Å². The summed E-state index contributed by atoms with van der Waals surface area (Å²) in [6.07, 6.45) is 1.84. The second-order valence-corrected chi connectivity index (χ2v) is 15.8. The third-order valence-corrected chi connectivity index (χ3v) is 12.4. The molecule has 0 aliphatic carbocycles. The Morgan fingerprint density at radius 2 is 0.814 bits per heavy atom. The molecule has 0 bridgehead atoms. The maximum Gasteiger partial charge on any atom is 0.0972 e. The van der Waals surface area contributed by atoms with Crippen LogP contribution in [0.25, 0.3) is 120 Å². The highest BCUT2D eigenvalue weighted by molar-refractivity contribution is 6.21. The molecule has 0 unspecified atom stereocenters. The first kappa shape index (κ1) is 33.5. The molecule has 10 aromatic carbocycles. The maximum absolute atomic E-state index is 5.08. The smallest absolute Gasteiger partial charge is 0.0972 e. The normalized spacial score (nSPS) is 11.8. The van der Waals surface area contributed by atoms with Crippen molar-refractivity contribution in [2.45, 2.75) is 6.92 Å². The molecule has 0 aliphatic heterocycles. The van der Waals surface area contributed by atoms with Crippen LogP contribution in [0, 0.1) is 6.92 Å². The topological polar surface area (TPSA) is 25.8 Å². The first-order valence-corrected chi connectivity index (χ1v) is 20.3. The van der Waals surface area contributed by atoms with Crippen LogP contribution in [0.1, 0.15) is 5.56 Å². The van der Waals surface area contributed by atoms with Gasteiger partial charge in [0.2, 0.25) is 0 Å². The molecule has 0 saturated heterocycles. The fourth-order valence-electron chi connectivity index (χ4n) is 9.41. The minimum atomic E-state index is 0.937. The summed E-state index contributed by atoms with van der Waals surface area (Å²) >= 11 is 0. The SMILES string of the molecule is Cc1cccc2ccc3cccc(-c4cccc5ccc6cc(-c7ccc(-c8ccc9cc(-c%10ccc%11ccc%12cccnc%12c%11n%10)ccc9c8)cc7)ccc6c45)c3c12. The molecule has 0 aliphatic rings. The summed E-state index contributed by atoms with van der Waals surface area (Å²) < 4.78 is 0. The van der Waals surface area contributed by atoms with E-state index in [9.17, 15) is 0 Å². The Kier molecular flexibility index (Phi) is 7.48. The number of rotatable bonds is 4. The van der Waals surface area contributed by atoms with Crippen molar-refractivity contribution in [3.8, 4) is 44.6 Å². The lowest BCUT2D eigenvalue weighted by Crippen LogP contribution is -1.89. The van der Waals surface area contributed by atoms with Gasteiger partial charge >= 0.3 is 0 Å². The van der Waals surface area contributed by atoms with E-state index in [1.807, 2.05) is 12.3 Å². The summed E-state index contributed by atoms with van der Waals surface area (Å²) in [4.78, 5) is 9.73. The van der Waals surface area contributed by atoms with E-state index in [0.29, 0.717) is 0 Å². The van der Waals surface area contributed by atoms with Crippen molar-refractivity contribution in [2.75, 3.05) is 0 Å². The molecular weight excluding hydrogens is 713 g/mol. The Hall–Kier alpha value is -7.68. The second-order valence-electron chi connectivity index (χ2n) is 15.8. The molecule has 12 rings (SSSR count). The van der Waals surface area contributed by atoms with Crippen molar-refractivity contribution >= 4 is 75.7 Å². The van der Waals surface area contributed by atoms with Crippen LogP contribution in [0.3, 0.4) is 0 Å². The minimum Gasteiger partial charge on any atom is -0.254 e. The molecule has 2 heteroatoms. The van der Waals surface area contributed by atoms with Crippen molar-refractivity contribution in [3.05, 3.63) is 206 Å². The van der Waals surface area contributed by atoms with Crippen molar-refractivity contribution in [1.82, 2.24) is 9.97 Å². The Balaban J connectivity index is 0.876. The zero-order valence-corrected chi connectivity index (χ0v) is 32.4. The standard InChI is InChI=1S/C57H36N2/c1-35-6-2-7-38-17-18-40-9-4-12-51(55(40)53(35)38)50-11-3-8-39-19-25-47-33-44(27-29-49(47)54(39)50)37-15-13-36(14-16-37)43-22-23-46-34-48(26-24-45(46)32-43)52-30-28-42-21-20-41-10-5-31-58-56(41)57(42)59-52/h2-34H,1H3. The Bertz CT molecular complexity index is 3670. The van der Waals surface area contributed by atoms with Crippen LogP contribution < -0.4 is 0 Å². The van der Waals surface area contributed by atoms with Crippen LogP contribution in [0.5, 0.6) is 0 Å². The average Bonchev–Trinajstić information content (AvgIpc) is 3.30. The molecule has 274 valence electrons. The van der Waals surface area contributed by atoms with Gasteiger partial charge in [-0.15, -0.1) is 0 Å². The first-order chi connectivity index (χ1) is 29.1. The maximum atomic E-state index is 5.08. The van der Waals surface area contributed by atoms with E-state index in [2.05, 4.69) is 200 Å². The average molecular weight is 749 g/mol. The van der Waals surface area contributed by atoms with Crippen LogP contribution >= 0.6 is 0 Å². The van der Waals surface area contributed by atoms with Gasteiger partial charge in [-0.05, 0) is 130 Å². The van der Waals surface area contributed by atoms with Gasteiger partial charge in [-0.25, -0.2) is 4.98 Å². The number of aryl methyl sites for hydroxylation is 1. The van der Waals surface area contributed by atoms with Gasteiger partial charge in [-0.1, -0.05) is 164 Å². The van der Waals surface area contributed by atoms with E-state index in [0.717, 1.165) is 33.1 Å². The number of benzene rings is 10. The van der Waals surface area contributed by atoms with E-state index >= 15 is 0 Å². The zero-order valence-electron chi connectivity index (χ0n) is 32.4. The Labute approximate surface area is 341 Å². The molecule has 2 nitrogen and oxygen atoms in total. The zero-order chi connectivity index (χ0) is 39.0. The molecule has 0 atom stereocenters. The Morgan fingerprint density at radius 1 is 0.322 bits per heavy atom. The molecule has 0 amide bonds.